The number of carbonyl (C=O) groups is 1. The third kappa shape index (κ3) is 3.56. The molecule has 1 aromatic heterocycles. The number of piperazine rings is 1. The van der Waals surface area contributed by atoms with Crippen molar-refractivity contribution in [2.75, 3.05) is 46.3 Å². The Morgan fingerprint density at radius 1 is 1.14 bits per heavy atom. The molecule has 29 heavy (non-hydrogen) atoms. The fourth-order valence-corrected chi connectivity index (χ4v) is 5.75. The van der Waals surface area contributed by atoms with Crippen LogP contribution < -0.4 is 0 Å². The van der Waals surface area contributed by atoms with Gasteiger partial charge < -0.3 is 19.9 Å². The Kier molecular flexibility index (Phi) is 5.06. The second-order valence-electron chi connectivity index (χ2n) is 9.06. The van der Waals surface area contributed by atoms with Gasteiger partial charge in [-0.05, 0) is 49.9 Å². The van der Waals surface area contributed by atoms with Crippen LogP contribution in [0.1, 0.15) is 23.3 Å². The molecule has 6 nitrogen and oxygen atoms in total. The Morgan fingerprint density at radius 2 is 1.86 bits per heavy atom. The standard InChI is InChI=1S/C22H29ClN4O2/c1-25-5-7-26(8-6-25)20-9-14-12-27(13-15(14)10-21(20)28)22(29)19-11-16-17(23)3-2-4-18(16)24-19/h2-4,11,14-15,20-21,24,28H,5-10,12-13H2,1H3/t14-,15+,20-,21-/m1/s1. The van der Waals surface area contributed by atoms with E-state index in [9.17, 15) is 9.90 Å². The van der Waals surface area contributed by atoms with Crippen molar-refractivity contribution < 1.29 is 9.90 Å². The number of nitrogens with zero attached hydrogens (tertiary/aromatic N) is 3. The Bertz CT molecular complexity index is 907. The minimum absolute atomic E-state index is 0.0392. The average Bonchev–Trinajstić information content (AvgIpc) is 3.32. The zero-order valence-electron chi connectivity index (χ0n) is 16.9. The first-order valence-electron chi connectivity index (χ1n) is 10.7. The lowest BCUT2D eigenvalue weighted by Gasteiger charge is -2.44. The Balaban J connectivity index is 1.28. The third-order valence-corrected chi connectivity index (χ3v) is 7.57. The number of likely N-dealkylation sites (tertiary alicyclic amines) is 1. The predicted molar refractivity (Wildman–Crippen MR) is 114 cm³/mol. The molecule has 0 spiro atoms. The fourth-order valence-electron chi connectivity index (χ4n) is 5.52. The van der Waals surface area contributed by atoms with Crippen LogP contribution in [-0.2, 0) is 0 Å². The summed E-state index contributed by atoms with van der Waals surface area (Å²) in [6.07, 6.45) is 1.49. The van der Waals surface area contributed by atoms with Crippen molar-refractivity contribution in [2.24, 2.45) is 11.8 Å². The first kappa shape index (κ1) is 19.4. The van der Waals surface area contributed by atoms with Gasteiger partial charge in [0.05, 0.1) is 6.10 Å². The number of fused-ring (bicyclic) bond motifs is 2. The van der Waals surface area contributed by atoms with Gasteiger partial charge in [-0.15, -0.1) is 0 Å². The number of rotatable bonds is 2. The van der Waals surface area contributed by atoms with E-state index in [-0.39, 0.29) is 18.1 Å². The summed E-state index contributed by atoms with van der Waals surface area (Å²) in [7, 11) is 2.16. The van der Waals surface area contributed by atoms with Crippen molar-refractivity contribution >= 4 is 28.4 Å². The lowest BCUT2D eigenvalue weighted by Crippen LogP contribution is -2.55. The van der Waals surface area contributed by atoms with Crippen molar-refractivity contribution in [3.63, 3.8) is 0 Å². The van der Waals surface area contributed by atoms with Crippen LogP contribution in [0.25, 0.3) is 10.9 Å². The molecule has 0 unspecified atom stereocenters. The highest BCUT2D eigenvalue weighted by molar-refractivity contribution is 6.35. The first-order valence-corrected chi connectivity index (χ1v) is 11.0. The molecule has 1 aliphatic carbocycles. The first-order chi connectivity index (χ1) is 14.0. The average molecular weight is 417 g/mol. The number of likely N-dealkylation sites (N-methyl/N-ethyl adjacent to an activating group) is 1. The molecule has 2 aliphatic heterocycles. The lowest BCUT2D eigenvalue weighted by atomic mass is 9.77. The summed E-state index contributed by atoms with van der Waals surface area (Å²) in [6, 6.07) is 7.77. The van der Waals surface area contributed by atoms with Crippen molar-refractivity contribution in [2.45, 2.75) is 25.0 Å². The number of carbonyl (C=O) groups excluding carboxylic acids is 1. The van der Waals surface area contributed by atoms with Crippen LogP contribution in [0.5, 0.6) is 0 Å². The van der Waals surface area contributed by atoms with Crippen LogP contribution in [-0.4, -0.2) is 89.2 Å². The number of H-pyrrole nitrogens is 1. The molecule has 3 fully saturated rings. The van der Waals surface area contributed by atoms with Gasteiger partial charge in [-0.25, -0.2) is 0 Å². The molecule has 1 saturated carbocycles. The highest BCUT2D eigenvalue weighted by Crippen LogP contribution is 2.39. The second-order valence-corrected chi connectivity index (χ2v) is 9.47. The van der Waals surface area contributed by atoms with Crippen LogP contribution >= 0.6 is 11.6 Å². The number of hydrogen-bond donors (Lipinski definition) is 2. The number of halogens is 1. The molecule has 2 aromatic rings. The van der Waals surface area contributed by atoms with E-state index in [1.807, 2.05) is 29.2 Å². The largest absolute Gasteiger partial charge is 0.391 e. The fraction of sp³-hybridized carbons (Fsp3) is 0.591. The monoisotopic (exact) mass is 416 g/mol. The van der Waals surface area contributed by atoms with Gasteiger partial charge in [0.2, 0.25) is 0 Å². The number of aliphatic hydroxyl groups excluding tert-OH is 1. The summed E-state index contributed by atoms with van der Waals surface area (Å²) in [5, 5.41) is 12.4. The van der Waals surface area contributed by atoms with Gasteiger partial charge in [0.25, 0.3) is 5.91 Å². The van der Waals surface area contributed by atoms with Gasteiger partial charge in [0.1, 0.15) is 5.69 Å². The van der Waals surface area contributed by atoms with Crippen LogP contribution in [0.2, 0.25) is 5.02 Å². The summed E-state index contributed by atoms with van der Waals surface area (Å²) in [5.41, 5.74) is 1.49. The van der Waals surface area contributed by atoms with E-state index in [0.29, 0.717) is 22.6 Å². The highest BCUT2D eigenvalue weighted by atomic mass is 35.5. The van der Waals surface area contributed by atoms with Gasteiger partial charge in [-0.3, -0.25) is 9.69 Å². The van der Waals surface area contributed by atoms with Gasteiger partial charge in [0.15, 0.2) is 0 Å². The van der Waals surface area contributed by atoms with E-state index < -0.39 is 0 Å². The number of aliphatic hydroxyl groups is 1. The zero-order chi connectivity index (χ0) is 20.1. The molecule has 4 atom stereocenters. The minimum atomic E-state index is -0.290. The van der Waals surface area contributed by atoms with Gasteiger partial charge in [-0.1, -0.05) is 17.7 Å². The molecule has 2 saturated heterocycles. The Hall–Kier alpha value is -1.60. The van der Waals surface area contributed by atoms with Gasteiger partial charge >= 0.3 is 0 Å². The van der Waals surface area contributed by atoms with E-state index in [2.05, 4.69) is 21.8 Å². The normalized spacial score (nSPS) is 31.3. The topological polar surface area (TPSA) is 62.8 Å². The molecule has 156 valence electrons. The molecule has 0 radical (unpaired) electrons. The smallest absolute Gasteiger partial charge is 0.270 e. The van der Waals surface area contributed by atoms with Crippen molar-refractivity contribution in [3.8, 4) is 0 Å². The van der Waals surface area contributed by atoms with Crippen LogP contribution in [0.4, 0.5) is 0 Å². The molecule has 3 heterocycles. The number of aromatic amines is 1. The van der Waals surface area contributed by atoms with Crippen molar-refractivity contribution in [3.05, 3.63) is 35.0 Å². The maximum atomic E-state index is 13.1. The van der Waals surface area contributed by atoms with Crippen LogP contribution in [0.3, 0.4) is 0 Å². The maximum absolute atomic E-state index is 13.1. The highest BCUT2D eigenvalue weighted by Gasteiger charge is 2.45. The summed E-state index contributed by atoms with van der Waals surface area (Å²) in [5.74, 6) is 0.905. The number of hydrogen-bond acceptors (Lipinski definition) is 4. The predicted octanol–water partition coefficient (Wildman–Crippen LogP) is 2.28. The van der Waals surface area contributed by atoms with Crippen molar-refractivity contribution in [1.29, 1.82) is 0 Å². The van der Waals surface area contributed by atoms with E-state index in [4.69, 9.17) is 11.6 Å². The molecule has 7 heteroatoms. The van der Waals surface area contributed by atoms with E-state index in [0.717, 1.165) is 63.0 Å². The molecule has 1 amide bonds. The summed E-state index contributed by atoms with van der Waals surface area (Å²) in [4.78, 5) is 23.1. The Labute approximate surface area is 176 Å². The number of benzene rings is 1. The summed E-state index contributed by atoms with van der Waals surface area (Å²) in [6.45, 7) is 5.68. The second kappa shape index (κ2) is 7.58. The maximum Gasteiger partial charge on any atom is 0.270 e. The Morgan fingerprint density at radius 3 is 2.59 bits per heavy atom. The molecule has 0 bridgehead atoms. The lowest BCUT2D eigenvalue weighted by molar-refractivity contribution is -0.0249. The quantitative estimate of drug-likeness (QED) is 0.788. The van der Waals surface area contributed by atoms with E-state index in [1.54, 1.807) is 0 Å². The third-order valence-electron chi connectivity index (χ3n) is 7.24. The molecule has 1 aromatic carbocycles. The van der Waals surface area contributed by atoms with Crippen LogP contribution in [0, 0.1) is 11.8 Å². The molecular formula is C22H29ClN4O2. The van der Waals surface area contributed by atoms with Gasteiger partial charge in [-0.2, -0.15) is 0 Å². The van der Waals surface area contributed by atoms with Crippen LogP contribution in [0.15, 0.2) is 24.3 Å². The van der Waals surface area contributed by atoms with E-state index >= 15 is 0 Å². The van der Waals surface area contributed by atoms with Gasteiger partial charge in [0, 0.05) is 61.2 Å². The minimum Gasteiger partial charge on any atom is -0.391 e. The summed E-state index contributed by atoms with van der Waals surface area (Å²) < 4.78 is 0. The summed E-state index contributed by atoms with van der Waals surface area (Å²) >= 11 is 6.27. The molecule has 3 aliphatic rings. The number of nitrogens with one attached hydrogen (secondary N) is 1. The van der Waals surface area contributed by atoms with E-state index in [1.165, 1.54) is 0 Å². The molecule has 5 rings (SSSR count). The molecule has 2 N–H and O–H groups in total. The number of amides is 1. The van der Waals surface area contributed by atoms with Crippen molar-refractivity contribution in [1.82, 2.24) is 19.7 Å². The number of aromatic nitrogens is 1. The zero-order valence-corrected chi connectivity index (χ0v) is 17.6. The molecular weight excluding hydrogens is 388 g/mol. The SMILES string of the molecule is CN1CCN([C@@H]2C[C@@H]3CN(C(=O)c4cc5c(Cl)cccc5[nH]4)C[C@@H]3C[C@H]2O)CC1.